The maximum absolute atomic E-state index is 10.8. The van der Waals surface area contributed by atoms with Crippen LogP contribution in [-0.4, -0.2) is 49.0 Å². The molecule has 0 amide bonds. The number of hydrogen-bond acceptors (Lipinski definition) is 5. The van der Waals surface area contributed by atoms with Crippen molar-refractivity contribution in [1.29, 1.82) is 0 Å². The van der Waals surface area contributed by atoms with Crippen molar-refractivity contribution in [2.24, 2.45) is 5.92 Å². The van der Waals surface area contributed by atoms with Crippen molar-refractivity contribution in [2.75, 3.05) is 38.3 Å². The van der Waals surface area contributed by atoms with Crippen molar-refractivity contribution < 1.29 is 19.4 Å². The zero-order valence-electron chi connectivity index (χ0n) is 12.1. The Morgan fingerprint density at radius 1 is 1.43 bits per heavy atom. The Morgan fingerprint density at radius 2 is 2.24 bits per heavy atom. The first kappa shape index (κ1) is 15.7. The van der Waals surface area contributed by atoms with Crippen molar-refractivity contribution >= 4 is 11.8 Å². The highest BCUT2D eigenvalue weighted by molar-refractivity contribution is 5.85. The van der Waals surface area contributed by atoms with Crippen LogP contribution in [0.5, 0.6) is 0 Å². The molecule has 0 spiro atoms. The molecule has 6 heteroatoms. The van der Waals surface area contributed by atoms with E-state index in [1.54, 1.807) is 12.1 Å². The van der Waals surface area contributed by atoms with E-state index in [-0.39, 0.29) is 5.69 Å². The van der Waals surface area contributed by atoms with E-state index in [0.717, 1.165) is 39.1 Å². The summed E-state index contributed by atoms with van der Waals surface area (Å²) in [5.41, 5.74) is 0.0516. The third kappa shape index (κ3) is 5.69. The molecule has 2 N–H and O–H groups in total. The molecule has 0 aromatic carbocycles. The minimum atomic E-state index is -1.02. The first-order valence-corrected chi connectivity index (χ1v) is 7.35. The Labute approximate surface area is 124 Å². The van der Waals surface area contributed by atoms with E-state index < -0.39 is 5.97 Å². The van der Waals surface area contributed by atoms with Gasteiger partial charge in [-0.2, -0.15) is 0 Å². The molecule has 1 aliphatic rings. The number of hydrogen-bond donors (Lipinski definition) is 2. The SMILES string of the molecule is O=C(O)c1cccc(NCCCOCC2CCOCC2)n1. The van der Waals surface area contributed by atoms with E-state index in [1.807, 2.05) is 0 Å². The minimum Gasteiger partial charge on any atom is -0.477 e. The average Bonchev–Trinajstić information content (AvgIpc) is 2.52. The van der Waals surface area contributed by atoms with E-state index in [9.17, 15) is 4.79 Å². The molecule has 0 atom stereocenters. The van der Waals surface area contributed by atoms with Crippen LogP contribution in [0.1, 0.15) is 29.8 Å². The smallest absolute Gasteiger partial charge is 0.354 e. The lowest BCUT2D eigenvalue weighted by molar-refractivity contribution is 0.0206. The van der Waals surface area contributed by atoms with Crippen molar-refractivity contribution in [1.82, 2.24) is 4.98 Å². The van der Waals surface area contributed by atoms with Gasteiger partial charge in [-0.1, -0.05) is 6.07 Å². The molecule has 1 aromatic rings. The number of carboxylic acids is 1. The molecule has 21 heavy (non-hydrogen) atoms. The summed E-state index contributed by atoms with van der Waals surface area (Å²) in [7, 11) is 0. The first-order valence-electron chi connectivity index (χ1n) is 7.35. The number of rotatable bonds is 8. The van der Waals surface area contributed by atoms with Crippen LogP contribution in [0.2, 0.25) is 0 Å². The molecule has 1 aliphatic heterocycles. The van der Waals surface area contributed by atoms with Gasteiger partial charge in [-0.05, 0) is 37.3 Å². The Morgan fingerprint density at radius 3 is 3.00 bits per heavy atom. The lowest BCUT2D eigenvalue weighted by atomic mass is 10.0. The molecule has 0 saturated carbocycles. The number of ether oxygens (including phenoxy) is 2. The molecule has 0 radical (unpaired) electrons. The van der Waals surface area contributed by atoms with Crippen molar-refractivity contribution in [3.05, 3.63) is 23.9 Å². The summed E-state index contributed by atoms with van der Waals surface area (Å²) in [5, 5.41) is 12.0. The fraction of sp³-hybridized carbons (Fsp3) is 0.600. The van der Waals surface area contributed by atoms with Gasteiger partial charge in [-0.25, -0.2) is 9.78 Å². The van der Waals surface area contributed by atoms with Gasteiger partial charge in [0.25, 0.3) is 0 Å². The standard InChI is InChI=1S/C15H22N2O4/c18-15(19)13-3-1-4-14(17-13)16-7-2-8-21-11-12-5-9-20-10-6-12/h1,3-4,12H,2,5-11H2,(H,16,17)(H,18,19). The largest absolute Gasteiger partial charge is 0.477 e. The lowest BCUT2D eigenvalue weighted by Gasteiger charge is -2.21. The number of carbonyl (C=O) groups is 1. The predicted octanol–water partition coefficient (Wildman–Crippen LogP) is 2.02. The molecule has 1 aromatic heterocycles. The summed E-state index contributed by atoms with van der Waals surface area (Å²) in [6.07, 6.45) is 3.04. The molecular formula is C15H22N2O4. The number of carboxylic acid groups (broad SMARTS) is 1. The Kier molecular flexibility index (Phi) is 6.43. The molecular weight excluding hydrogens is 272 g/mol. The number of nitrogens with zero attached hydrogens (tertiary/aromatic N) is 1. The van der Waals surface area contributed by atoms with Gasteiger partial charge >= 0.3 is 5.97 Å². The Balaban J connectivity index is 1.57. The fourth-order valence-corrected chi connectivity index (χ4v) is 2.21. The van der Waals surface area contributed by atoms with Crippen LogP contribution in [0.4, 0.5) is 5.82 Å². The topological polar surface area (TPSA) is 80.7 Å². The van der Waals surface area contributed by atoms with Gasteiger partial charge in [0, 0.05) is 33.0 Å². The van der Waals surface area contributed by atoms with Gasteiger partial charge in [0.1, 0.15) is 5.82 Å². The Hall–Kier alpha value is -1.66. The van der Waals surface area contributed by atoms with Gasteiger partial charge in [0.15, 0.2) is 5.69 Å². The monoisotopic (exact) mass is 294 g/mol. The third-order valence-electron chi connectivity index (χ3n) is 3.43. The normalized spacial score (nSPS) is 15.8. The predicted molar refractivity (Wildman–Crippen MR) is 78.7 cm³/mol. The van der Waals surface area contributed by atoms with Gasteiger partial charge in [-0.15, -0.1) is 0 Å². The first-order chi connectivity index (χ1) is 10.3. The molecule has 116 valence electrons. The van der Waals surface area contributed by atoms with Crippen LogP contribution in [0.25, 0.3) is 0 Å². The van der Waals surface area contributed by atoms with E-state index in [4.69, 9.17) is 14.6 Å². The molecule has 0 aliphatic carbocycles. The van der Waals surface area contributed by atoms with E-state index in [0.29, 0.717) is 24.9 Å². The van der Waals surface area contributed by atoms with E-state index in [2.05, 4.69) is 10.3 Å². The summed E-state index contributed by atoms with van der Waals surface area (Å²) < 4.78 is 11.0. The van der Waals surface area contributed by atoms with Gasteiger partial charge in [-0.3, -0.25) is 0 Å². The van der Waals surface area contributed by atoms with E-state index in [1.165, 1.54) is 6.07 Å². The second-order valence-corrected chi connectivity index (χ2v) is 5.12. The van der Waals surface area contributed by atoms with Crippen molar-refractivity contribution in [2.45, 2.75) is 19.3 Å². The highest BCUT2D eigenvalue weighted by Gasteiger charge is 2.13. The van der Waals surface area contributed by atoms with Crippen LogP contribution in [0, 0.1) is 5.92 Å². The van der Waals surface area contributed by atoms with Crippen molar-refractivity contribution in [3.8, 4) is 0 Å². The zero-order chi connectivity index (χ0) is 14.9. The zero-order valence-corrected chi connectivity index (χ0v) is 12.1. The van der Waals surface area contributed by atoms with Crippen LogP contribution < -0.4 is 5.32 Å². The number of nitrogens with one attached hydrogen (secondary N) is 1. The maximum Gasteiger partial charge on any atom is 0.354 e. The quantitative estimate of drug-likeness (QED) is 0.714. The third-order valence-corrected chi connectivity index (χ3v) is 3.43. The minimum absolute atomic E-state index is 0.0516. The number of pyridine rings is 1. The lowest BCUT2D eigenvalue weighted by Crippen LogP contribution is -2.20. The summed E-state index contributed by atoms with van der Waals surface area (Å²) in [5.74, 6) is 0.193. The van der Waals surface area contributed by atoms with E-state index >= 15 is 0 Å². The Bertz CT molecular complexity index is 447. The molecule has 0 unspecified atom stereocenters. The molecule has 1 fully saturated rings. The van der Waals surface area contributed by atoms with Gasteiger partial charge in [0.2, 0.25) is 0 Å². The van der Waals surface area contributed by atoms with Crippen LogP contribution >= 0.6 is 0 Å². The second-order valence-electron chi connectivity index (χ2n) is 5.12. The molecule has 2 rings (SSSR count). The number of anilines is 1. The summed E-state index contributed by atoms with van der Waals surface area (Å²) >= 11 is 0. The van der Waals surface area contributed by atoms with Crippen molar-refractivity contribution in [3.63, 3.8) is 0 Å². The highest BCUT2D eigenvalue weighted by atomic mass is 16.5. The molecule has 2 heterocycles. The van der Waals surface area contributed by atoms with Crippen LogP contribution in [0.3, 0.4) is 0 Å². The molecule has 6 nitrogen and oxygen atoms in total. The average molecular weight is 294 g/mol. The highest BCUT2D eigenvalue weighted by Crippen LogP contribution is 2.14. The second kappa shape index (κ2) is 8.59. The maximum atomic E-state index is 10.8. The summed E-state index contributed by atoms with van der Waals surface area (Å²) in [6.45, 7) is 3.91. The van der Waals surface area contributed by atoms with Crippen LogP contribution in [-0.2, 0) is 9.47 Å². The fourth-order valence-electron chi connectivity index (χ4n) is 2.21. The summed E-state index contributed by atoms with van der Waals surface area (Å²) in [4.78, 5) is 14.8. The number of aromatic nitrogens is 1. The number of aromatic carboxylic acids is 1. The molecule has 0 bridgehead atoms. The summed E-state index contributed by atoms with van der Waals surface area (Å²) in [6, 6.07) is 4.92. The van der Waals surface area contributed by atoms with Gasteiger partial charge < -0.3 is 19.9 Å². The van der Waals surface area contributed by atoms with Gasteiger partial charge in [0.05, 0.1) is 0 Å². The van der Waals surface area contributed by atoms with Crippen LogP contribution in [0.15, 0.2) is 18.2 Å². The molecule has 1 saturated heterocycles.